The van der Waals surface area contributed by atoms with Crippen molar-refractivity contribution in [2.75, 3.05) is 7.05 Å². The molecule has 0 bridgehead atoms. The molecule has 0 radical (unpaired) electrons. The third-order valence-electron chi connectivity index (χ3n) is 4.84. The first-order chi connectivity index (χ1) is 9.98. The minimum atomic E-state index is -0.491. The van der Waals surface area contributed by atoms with E-state index >= 15 is 0 Å². The molecule has 6 heteroatoms. The molecule has 1 saturated carbocycles. The molecule has 21 heavy (non-hydrogen) atoms. The van der Waals surface area contributed by atoms with Crippen LogP contribution in [0, 0.1) is 15.5 Å². The summed E-state index contributed by atoms with van der Waals surface area (Å²) in [5.41, 5.74) is 0.0196. The summed E-state index contributed by atoms with van der Waals surface area (Å²) in [6.45, 7) is 4.35. The molecule has 2 atom stereocenters. The van der Waals surface area contributed by atoms with Crippen LogP contribution in [0.3, 0.4) is 0 Å². The van der Waals surface area contributed by atoms with E-state index in [2.05, 4.69) is 19.2 Å². The number of nitrogens with one attached hydrogen (secondary N) is 1. The molecule has 0 heterocycles. The molecule has 1 N–H and O–H groups in total. The molecular weight excluding hydrogens is 292 g/mol. The molecule has 0 aliphatic heterocycles. The minimum Gasteiger partial charge on any atom is -0.490 e. The Labute approximate surface area is 129 Å². The summed E-state index contributed by atoms with van der Waals surface area (Å²) in [6, 6.07) is 4.99. The Bertz CT molecular complexity index is 532. The quantitative estimate of drug-likeness (QED) is 0.641. The lowest BCUT2D eigenvalue weighted by Gasteiger charge is -2.55. The predicted octanol–water partition coefficient (Wildman–Crippen LogP) is 3.79. The number of rotatable bonds is 6. The van der Waals surface area contributed by atoms with Gasteiger partial charge in [0.2, 0.25) is 0 Å². The van der Waals surface area contributed by atoms with E-state index in [0.29, 0.717) is 11.8 Å². The van der Waals surface area contributed by atoms with Crippen LogP contribution in [0.25, 0.3) is 0 Å². The van der Waals surface area contributed by atoms with Gasteiger partial charge in [-0.25, -0.2) is 0 Å². The van der Waals surface area contributed by atoms with Crippen LogP contribution < -0.4 is 10.1 Å². The molecule has 0 saturated heterocycles. The fraction of sp³-hybridized carbons (Fsp3) is 0.600. The normalized spacial score (nSPS) is 23.4. The van der Waals surface area contributed by atoms with Crippen molar-refractivity contribution in [1.82, 2.24) is 5.32 Å². The van der Waals surface area contributed by atoms with Crippen molar-refractivity contribution in [3.63, 3.8) is 0 Å². The second kappa shape index (κ2) is 6.20. The number of nitrogens with zero attached hydrogens (tertiary/aromatic N) is 1. The van der Waals surface area contributed by atoms with E-state index in [4.69, 9.17) is 16.3 Å². The van der Waals surface area contributed by atoms with Crippen molar-refractivity contribution >= 4 is 17.3 Å². The van der Waals surface area contributed by atoms with E-state index in [1.54, 1.807) is 6.07 Å². The number of halogens is 1. The van der Waals surface area contributed by atoms with Crippen LogP contribution in [0.5, 0.6) is 5.75 Å². The van der Waals surface area contributed by atoms with E-state index in [1.165, 1.54) is 12.1 Å². The Morgan fingerprint density at radius 3 is 2.62 bits per heavy atom. The zero-order valence-electron chi connectivity index (χ0n) is 12.6. The molecule has 1 aromatic carbocycles. The number of hydrogen-bond donors (Lipinski definition) is 1. The minimum absolute atomic E-state index is 0.0945. The topological polar surface area (TPSA) is 64.4 Å². The molecule has 2 rings (SSSR count). The molecule has 2 unspecified atom stereocenters. The van der Waals surface area contributed by atoms with E-state index in [1.807, 2.05) is 7.05 Å². The fourth-order valence-electron chi connectivity index (χ4n) is 3.39. The highest BCUT2D eigenvalue weighted by atomic mass is 35.5. The molecule has 1 aliphatic carbocycles. The monoisotopic (exact) mass is 312 g/mol. The van der Waals surface area contributed by atoms with Gasteiger partial charge in [0.05, 0.1) is 4.92 Å². The van der Waals surface area contributed by atoms with Crippen molar-refractivity contribution in [3.8, 4) is 5.75 Å². The highest BCUT2D eigenvalue weighted by Gasteiger charge is 2.53. The predicted molar refractivity (Wildman–Crippen MR) is 83.0 cm³/mol. The first-order valence-electron chi connectivity index (χ1n) is 7.26. The van der Waals surface area contributed by atoms with Gasteiger partial charge in [-0.15, -0.1) is 0 Å². The fourth-order valence-corrected chi connectivity index (χ4v) is 3.63. The van der Waals surface area contributed by atoms with Gasteiger partial charge < -0.3 is 10.1 Å². The highest BCUT2D eigenvalue weighted by molar-refractivity contribution is 6.32. The number of ether oxygens (including phenoxy) is 1. The number of nitro groups is 1. The number of hydrogen-bond acceptors (Lipinski definition) is 4. The SMILES string of the molecule is CCC1(CC)C(NC)CC1Oc1ccc([N+](=O)[O-])c(Cl)c1. The number of benzene rings is 1. The summed E-state index contributed by atoms with van der Waals surface area (Å²) >= 11 is 5.93. The van der Waals surface area contributed by atoms with E-state index in [-0.39, 0.29) is 22.2 Å². The maximum absolute atomic E-state index is 10.8. The van der Waals surface area contributed by atoms with E-state index < -0.39 is 4.92 Å². The summed E-state index contributed by atoms with van der Waals surface area (Å²) < 4.78 is 6.05. The van der Waals surface area contributed by atoms with Gasteiger partial charge in [0.15, 0.2) is 0 Å². The summed E-state index contributed by atoms with van der Waals surface area (Å²) in [4.78, 5) is 10.3. The van der Waals surface area contributed by atoms with Gasteiger partial charge in [-0.2, -0.15) is 0 Å². The lowest BCUT2D eigenvalue weighted by molar-refractivity contribution is -0.384. The molecule has 0 amide bonds. The van der Waals surface area contributed by atoms with E-state index in [9.17, 15) is 10.1 Å². The number of nitro benzene ring substituents is 1. The summed E-state index contributed by atoms with van der Waals surface area (Å²) in [7, 11) is 1.98. The Balaban J connectivity index is 2.15. The summed E-state index contributed by atoms with van der Waals surface area (Å²) in [6.07, 6.45) is 3.11. The molecule has 1 aliphatic rings. The zero-order valence-corrected chi connectivity index (χ0v) is 13.3. The second-order valence-electron chi connectivity index (χ2n) is 5.49. The van der Waals surface area contributed by atoms with Crippen molar-refractivity contribution in [1.29, 1.82) is 0 Å². The lowest BCUT2D eigenvalue weighted by Crippen LogP contribution is -2.63. The Hall–Kier alpha value is -1.33. The molecule has 116 valence electrons. The Morgan fingerprint density at radius 1 is 1.48 bits per heavy atom. The van der Waals surface area contributed by atoms with Gasteiger partial charge in [0.1, 0.15) is 16.9 Å². The summed E-state index contributed by atoms with van der Waals surface area (Å²) in [5.74, 6) is 0.594. The van der Waals surface area contributed by atoms with Crippen LogP contribution in [0.4, 0.5) is 5.69 Å². The zero-order chi connectivity index (χ0) is 15.6. The van der Waals surface area contributed by atoms with E-state index in [0.717, 1.165) is 19.3 Å². The lowest BCUT2D eigenvalue weighted by atomic mass is 9.58. The van der Waals surface area contributed by atoms with Crippen molar-refractivity contribution < 1.29 is 9.66 Å². The average Bonchev–Trinajstić information content (AvgIpc) is 2.44. The Kier molecular flexibility index (Phi) is 4.74. The molecule has 5 nitrogen and oxygen atoms in total. The van der Waals surface area contributed by atoms with Crippen LogP contribution in [-0.2, 0) is 0 Å². The third kappa shape index (κ3) is 2.72. The maximum Gasteiger partial charge on any atom is 0.288 e. The first-order valence-corrected chi connectivity index (χ1v) is 7.64. The van der Waals surface area contributed by atoms with Gasteiger partial charge in [-0.1, -0.05) is 25.4 Å². The Morgan fingerprint density at radius 2 is 2.14 bits per heavy atom. The first kappa shape index (κ1) is 16.0. The van der Waals surface area contributed by atoms with Crippen LogP contribution in [0.15, 0.2) is 18.2 Å². The standard InChI is InChI=1S/C15H21ClN2O3/c1-4-15(5-2)13(17-3)9-14(15)21-10-6-7-12(18(19)20)11(16)8-10/h6-8,13-14,17H,4-5,9H2,1-3H3. The van der Waals surface area contributed by atoms with Crippen LogP contribution >= 0.6 is 11.6 Å². The average molecular weight is 313 g/mol. The third-order valence-corrected chi connectivity index (χ3v) is 5.15. The maximum atomic E-state index is 10.8. The smallest absolute Gasteiger partial charge is 0.288 e. The largest absolute Gasteiger partial charge is 0.490 e. The molecule has 1 aromatic rings. The van der Waals surface area contributed by atoms with Gasteiger partial charge in [0.25, 0.3) is 5.69 Å². The molecule has 0 aromatic heterocycles. The van der Waals surface area contributed by atoms with Gasteiger partial charge in [-0.3, -0.25) is 10.1 Å². The van der Waals surface area contributed by atoms with Crippen molar-refractivity contribution in [2.45, 2.75) is 45.3 Å². The molecular formula is C15H21ClN2O3. The van der Waals surface area contributed by atoms with Crippen molar-refractivity contribution in [3.05, 3.63) is 33.3 Å². The van der Waals surface area contributed by atoms with Gasteiger partial charge in [0, 0.05) is 30.0 Å². The summed E-state index contributed by atoms with van der Waals surface area (Å²) in [5, 5.41) is 14.2. The van der Waals surface area contributed by atoms with Gasteiger partial charge in [-0.05, 0) is 26.0 Å². The van der Waals surface area contributed by atoms with Crippen LogP contribution in [0.1, 0.15) is 33.1 Å². The molecule has 1 fully saturated rings. The molecule has 0 spiro atoms. The highest BCUT2D eigenvalue weighted by Crippen LogP contribution is 2.49. The van der Waals surface area contributed by atoms with Gasteiger partial charge >= 0.3 is 0 Å². The second-order valence-corrected chi connectivity index (χ2v) is 5.90. The van der Waals surface area contributed by atoms with Crippen LogP contribution in [-0.4, -0.2) is 24.1 Å². The van der Waals surface area contributed by atoms with Crippen molar-refractivity contribution in [2.24, 2.45) is 5.41 Å². The van der Waals surface area contributed by atoms with Crippen LogP contribution in [0.2, 0.25) is 5.02 Å².